The molecule has 0 aromatic heterocycles. The van der Waals surface area contributed by atoms with E-state index in [9.17, 15) is 24.3 Å². The minimum Gasteiger partial charge on any atom is -0.466 e. The quantitative estimate of drug-likeness (QED) is 0.555. The zero-order chi connectivity index (χ0) is 17.4. The predicted octanol–water partition coefficient (Wildman–Crippen LogP) is -0.644. The number of aliphatic hydroxyl groups is 1. The molecule has 0 aliphatic heterocycles. The third-order valence-corrected chi connectivity index (χ3v) is 3.48. The van der Waals surface area contributed by atoms with Crippen molar-refractivity contribution in [3.63, 3.8) is 0 Å². The molecule has 0 heterocycles. The first-order valence-corrected chi connectivity index (χ1v) is 6.38. The van der Waals surface area contributed by atoms with Gasteiger partial charge >= 0.3 is 11.9 Å². The standard InChI is InChI=1S/C15H13NO7/c1-22-13(19)15(21,14(20)23-2)9-10(16)12(18)8-6-4-3-5-7(8)11(9)17/h3-6,21H,16H2,1-2H3. The largest absolute Gasteiger partial charge is 0.466 e. The molecule has 0 spiro atoms. The van der Waals surface area contributed by atoms with Crippen molar-refractivity contribution in [2.45, 2.75) is 5.60 Å². The normalized spacial score (nSPS) is 14.4. The van der Waals surface area contributed by atoms with Crippen LogP contribution in [0.4, 0.5) is 0 Å². The number of ketones is 2. The second kappa shape index (κ2) is 5.65. The zero-order valence-electron chi connectivity index (χ0n) is 12.3. The van der Waals surface area contributed by atoms with Crippen molar-refractivity contribution in [1.29, 1.82) is 0 Å². The summed E-state index contributed by atoms with van der Waals surface area (Å²) in [6, 6.07) is 5.69. The van der Waals surface area contributed by atoms with E-state index in [1.165, 1.54) is 24.3 Å². The Hall–Kier alpha value is -3.00. The Labute approximate surface area is 130 Å². The van der Waals surface area contributed by atoms with Crippen LogP contribution in [-0.4, -0.2) is 48.4 Å². The summed E-state index contributed by atoms with van der Waals surface area (Å²) >= 11 is 0. The molecule has 8 heteroatoms. The molecule has 0 saturated carbocycles. The van der Waals surface area contributed by atoms with Crippen molar-refractivity contribution in [2.75, 3.05) is 14.2 Å². The number of Topliss-reactive ketones (excluding diaryl/α,β-unsaturated/α-hetero) is 2. The maximum Gasteiger partial charge on any atom is 0.354 e. The van der Waals surface area contributed by atoms with Crippen LogP contribution in [0.1, 0.15) is 20.7 Å². The van der Waals surface area contributed by atoms with Gasteiger partial charge in [0.1, 0.15) is 0 Å². The summed E-state index contributed by atoms with van der Waals surface area (Å²) in [6.07, 6.45) is 0. The Kier molecular flexibility index (Phi) is 4.02. The smallest absolute Gasteiger partial charge is 0.354 e. The molecule has 23 heavy (non-hydrogen) atoms. The van der Waals surface area contributed by atoms with E-state index in [0.717, 1.165) is 14.2 Å². The van der Waals surface area contributed by atoms with Crippen molar-refractivity contribution in [3.05, 3.63) is 46.7 Å². The number of hydrogen-bond acceptors (Lipinski definition) is 8. The van der Waals surface area contributed by atoms with E-state index < -0.39 is 40.4 Å². The van der Waals surface area contributed by atoms with Gasteiger partial charge in [0.15, 0.2) is 5.78 Å². The molecule has 1 aromatic rings. The van der Waals surface area contributed by atoms with Gasteiger partial charge in [-0.25, -0.2) is 9.59 Å². The highest BCUT2D eigenvalue weighted by Gasteiger charge is 2.56. The van der Waals surface area contributed by atoms with Crippen LogP contribution in [0, 0.1) is 0 Å². The van der Waals surface area contributed by atoms with Gasteiger partial charge in [0, 0.05) is 11.1 Å². The van der Waals surface area contributed by atoms with E-state index in [1.54, 1.807) is 0 Å². The highest BCUT2D eigenvalue weighted by Crippen LogP contribution is 2.32. The number of carbonyl (C=O) groups excluding carboxylic acids is 4. The molecule has 1 aromatic carbocycles. The average molecular weight is 319 g/mol. The maximum absolute atomic E-state index is 12.6. The fourth-order valence-corrected chi connectivity index (χ4v) is 2.34. The van der Waals surface area contributed by atoms with Gasteiger partial charge in [-0.15, -0.1) is 0 Å². The molecule has 0 bridgehead atoms. The van der Waals surface area contributed by atoms with E-state index in [2.05, 4.69) is 9.47 Å². The van der Waals surface area contributed by atoms with Crippen molar-refractivity contribution in [2.24, 2.45) is 5.73 Å². The van der Waals surface area contributed by atoms with Gasteiger partial charge in [-0.1, -0.05) is 24.3 Å². The molecule has 120 valence electrons. The number of ether oxygens (including phenoxy) is 2. The van der Waals surface area contributed by atoms with Gasteiger partial charge in [-0.2, -0.15) is 0 Å². The van der Waals surface area contributed by atoms with Crippen LogP contribution >= 0.6 is 0 Å². The average Bonchev–Trinajstić information content (AvgIpc) is 2.58. The zero-order valence-corrected chi connectivity index (χ0v) is 12.3. The van der Waals surface area contributed by atoms with Gasteiger partial charge in [-0.05, 0) is 0 Å². The third-order valence-electron chi connectivity index (χ3n) is 3.48. The van der Waals surface area contributed by atoms with E-state index >= 15 is 0 Å². The number of esters is 2. The summed E-state index contributed by atoms with van der Waals surface area (Å²) in [5, 5.41) is 10.5. The van der Waals surface area contributed by atoms with Gasteiger partial charge < -0.3 is 20.3 Å². The number of carbonyl (C=O) groups is 4. The van der Waals surface area contributed by atoms with E-state index in [-0.39, 0.29) is 11.1 Å². The molecular weight excluding hydrogens is 306 g/mol. The molecule has 1 aliphatic rings. The molecule has 2 rings (SSSR count). The lowest BCUT2D eigenvalue weighted by Crippen LogP contribution is -2.54. The molecular formula is C15H13NO7. The number of fused-ring (bicyclic) bond motifs is 1. The molecule has 0 atom stereocenters. The van der Waals surface area contributed by atoms with E-state index in [4.69, 9.17) is 5.73 Å². The summed E-state index contributed by atoms with van der Waals surface area (Å²) in [4.78, 5) is 48.7. The second-order valence-corrected chi connectivity index (χ2v) is 4.69. The molecule has 0 unspecified atom stereocenters. The molecule has 1 aliphatic carbocycles. The number of nitrogens with two attached hydrogens (primary N) is 1. The van der Waals surface area contributed by atoms with Crippen LogP contribution in [0.2, 0.25) is 0 Å². The molecule has 0 amide bonds. The van der Waals surface area contributed by atoms with Crippen LogP contribution in [0.25, 0.3) is 0 Å². The summed E-state index contributed by atoms with van der Waals surface area (Å²) in [5.74, 6) is -4.69. The van der Waals surface area contributed by atoms with Crippen LogP contribution < -0.4 is 5.73 Å². The van der Waals surface area contributed by atoms with Crippen molar-refractivity contribution in [3.8, 4) is 0 Å². The molecule has 8 nitrogen and oxygen atoms in total. The first kappa shape index (κ1) is 16.4. The lowest BCUT2D eigenvalue weighted by atomic mass is 9.79. The van der Waals surface area contributed by atoms with Gasteiger partial charge in [-0.3, -0.25) is 9.59 Å². The fourth-order valence-electron chi connectivity index (χ4n) is 2.34. The summed E-state index contributed by atoms with van der Waals surface area (Å²) in [6.45, 7) is 0. The van der Waals surface area contributed by atoms with Gasteiger partial charge in [0.25, 0.3) is 5.60 Å². The van der Waals surface area contributed by atoms with Gasteiger partial charge in [0.2, 0.25) is 5.78 Å². The van der Waals surface area contributed by atoms with Crippen LogP contribution in [0.5, 0.6) is 0 Å². The van der Waals surface area contributed by atoms with Crippen LogP contribution in [0.15, 0.2) is 35.5 Å². The lowest BCUT2D eigenvalue weighted by Gasteiger charge is -2.28. The minimum atomic E-state index is -3.13. The molecule has 0 fully saturated rings. The Morgan fingerprint density at radius 3 is 1.87 bits per heavy atom. The minimum absolute atomic E-state index is 0.0100. The monoisotopic (exact) mass is 319 g/mol. The first-order chi connectivity index (χ1) is 10.8. The van der Waals surface area contributed by atoms with Gasteiger partial charge in [0.05, 0.1) is 25.5 Å². The summed E-state index contributed by atoms with van der Waals surface area (Å²) in [5.41, 5.74) is 0.831. The highest BCUT2D eigenvalue weighted by atomic mass is 16.6. The molecule has 0 radical (unpaired) electrons. The number of allylic oxidation sites excluding steroid dienone is 1. The molecule has 0 saturated heterocycles. The number of rotatable bonds is 3. The van der Waals surface area contributed by atoms with Crippen molar-refractivity contribution in [1.82, 2.24) is 0 Å². The third kappa shape index (κ3) is 2.20. The maximum atomic E-state index is 12.6. The summed E-state index contributed by atoms with van der Waals surface area (Å²) < 4.78 is 8.74. The number of methoxy groups -OCH3 is 2. The Bertz CT molecular complexity index is 747. The first-order valence-electron chi connectivity index (χ1n) is 6.38. The number of benzene rings is 1. The SMILES string of the molecule is COC(=O)C(O)(C(=O)OC)C1=C(N)C(=O)c2ccccc2C1=O. The van der Waals surface area contributed by atoms with E-state index in [1.807, 2.05) is 0 Å². The fraction of sp³-hybridized carbons (Fsp3) is 0.200. The predicted molar refractivity (Wildman–Crippen MR) is 75.3 cm³/mol. The van der Waals surface area contributed by atoms with Crippen molar-refractivity contribution < 1.29 is 33.8 Å². The number of hydrogen-bond donors (Lipinski definition) is 2. The van der Waals surface area contributed by atoms with Crippen LogP contribution in [-0.2, 0) is 19.1 Å². The topological polar surface area (TPSA) is 133 Å². The second-order valence-electron chi connectivity index (χ2n) is 4.69. The highest BCUT2D eigenvalue weighted by molar-refractivity contribution is 6.31. The lowest BCUT2D eigenvalue weighted by molar-refractivity contribution is -0.175. The van der Waals surface area contributed by atoms with Crippen molar-refractivity contribution >= 4 is 23.5 Å². The Balaban J connectivity index is 2.76. The Morgan fingerprint density at radius 1 is 1.00 bits per heavy atom. The van der Waals surface area contributed by atoms with Crippen LogP contribution in [0.3, 0.4) is 0 Å². The molecule has 3 N–H and O–H groups in total. The van der Waals surface area contributed by atoms with E-state index in [0.29, 0.717) is 0 Å². The Morgan fingerprint density at radius 2 is 1.43 bits per heavy atom. The summed E-state index contributed by atoms with van der Waals surface area (Å²) in [7, 11) is 1.80.